The van der Waals surface area contributed by atoms with Crippen molar-refractivity contribution in [2.24, 2.45) is 23.5 Å². The number of furan rings is 1. The Bertz CT molecular complexity index is 850. The predicted molar refractivity (Wildman–Crippen MR) is 102 cm³/mol. The molecule has 3 heterocycles. The summed E-state index contributed by atoms with van der Waals surface area (Å²) in [4.78, 5) is 15.1. The van der Waals surface area contributed by atoms with E-state index in [1.165, 1.54) is 0 Å². The molecule has 27 heavy (non-hydrogen) atoms. The fourth-order valence-electron chi connectivity index (χ4n) is 4.99. The monoisotopic (exact) mass is 389 g/mol. The van der Waals surface area contributed by atoms with Crippen LogP contribution in [0.15, 0.2) is 34.9 Å². The molecule has 144 valence electrons. The fourth-order valence-corrected chi connectivity index (χ4v) is 5.59. The minimum atomic E-state index is -0.393. The highest BCUT2D eigenvalue weighted by molar-refractivity contribution is 6.21. The maximum absolute atomic E-state index is 12.7. The third-order valence-corrected chi connectivity index (χ3v) is 6.99. The van der Waals surface area contributed by atoms with E-state index < -0.39 is 6.17 Å². The van der Waals surface area contributed by atoms with Gasteiger partial charge in [-0.1, -0.05) is 12.1 Å². The first-order valence-corrected chi connectivity index (χ1v) is 10.1. The molecular weight excluding hydrogens is 366 g/mol. The average Bonchev–Trinajstić information content (AvgIpc) is 3.01. The van der Waals surface area contributed by atoms with Gasteiger partial charge in [0.25, 0.3) is 5.91 Å². The lowest BCUT2D eigenvalue weighted by Crippen LogP contribution is -2.48. The second kappa shape index (κ2) is 6.78. The average molecular weight is 390 g/mol. The van der Waals surface area contributed by atoms with Crippen LogP contribution in [-0.2, 0) is 4.74 Å². The van der Waals surface area contributed by atoms with E-state index in [0.717, 1.165) is 38.0 Å². The molecule has 1 aromatic heterocycles. The lowest BCUT2D eigenvalue weighted by atomic mass is 10.1. The molecular formula is C20H24ClN3O3. The molecule has 1 saturated carbocycles. The summed E-state index contributed by atoms with van der Waals surface area (Å²) in [5, 5.41) is 3.87. The van der Waals surface area contributed by atoms with Crippen molar-refractivity contribution in [2.45, 2.75) is 30.6 Å². The maximum atomic E-state index is 12.7. The van der Waals surface area contributed by atoms with E-state index in [1.807, 2.05) is 18.2 Å². The number of hydrogen-bond acceptors (Lipinski definition) is 5. The molecule has 5 atom stereocenters. The smallest absolute Gasteiger partial charge is 0.256 e. The summed E-state index contributed by atoms with van der Waals surface area (Å²) in [5.74, 6) is 0.859. The number of nitrogens with two attached hydrogens (primary N) is 1. The molecule has 0 radical (unpaired) electrons. The van der Waals surface area contributed by atoms with Crippen molar-refractivity contribution < 1.29 is 13.9 Å². The molecule has 3 aliphatic rings. The molecule has 0 spiro atoms. The van der Waals surface area contributed by atoms with Gasteiger partial charge in [-0.3, -0.25) is 9.69 Å². The standard InChI is InChI=1S/C20H24ClN3O3/c21-18-15-14(10-24(18)12-5-7-26-8-6-12)16(15)19(22)23-20(25)13-3-1-2-11-4-9-27-17(11)13/h1-4,9,12,14-16,18-19H,5-8,10,22H2,(H,23,25). The number of nitrogens with zero attached hydrogens (tertiary/aromatic N) is 1. The van der Waals surface area contributed by atoms with Gasteiger partial charge in [0.2, 0.25) is 0 Å². The number of halogens is 1. The molecule has 2 aromatic rings. The normalized spacial score (nSPS) is 32.4. The number of carbonyl (C=O) groups is 1. The Kier molecular flexibility index (Phi) is 4.39. The number of amides is 1. The Morgan fingerprint density at radius 1 is 1.30 bits per heavy atom. The first kappa shape index (κ1) is 17.5. The van der Waals surface area contributed by atoms with Gasteiger partial charge in [0.1, 0.15) is 5.58 Å². The zero-order valence-electron chi connectivity index (χ0n) is 15.0. The van der Waals surface area contributed by atoms with Crippen LogP contribution in [0, 0.1) is 17.8 Å². The van der Waals surface area contributed by atoms with E-state index in [4.69, 9.17) is 26.5 Å². The van der Waals surface area contributed by atoms with Gasteiger partial charge in [-0.2, -0.15) is 0 Å². The second-order valence-corrected chi connectivity index (χ2v) is 8.32. The number of benzene rings is 1. The summed E-state index contributed by atoms with van der Waals surface area (Å²) in [7, 11) is 0. The lowest BCUT2D eigenvalue weighted by molar-refractivity contribution is 0.0310. The van der Waals surface area contributed by atoms with Gasteiger partial charge in [-0.15, -0.1) is 11.6 Å². The van der Waals surface area contributed by atoms with Crippen LogP contribution >= 0.6 is 11.6 Å². The SMILES string of the molecule is NC(NC(=O)c1cccc2ccoc12)C1C2CN(C3CCOCC3)C(Cl)C21. The molecule has 5 unspecified atom stereocenters. The van der Waals surface area contributed by atoms with Gasteiger partial charge in [0, 0.05) is 37.1 Å². The van der Waals surface area contributed by atoms with Gasteiger partial charge in [-0.25, -0.2) is 0 Å². The largest absolute Gasteiger partial charge is 0.464 e. The number of para-hydroxylation sites is 1. The molecule has 3 N–H and O–H groups in total. The number of ether oxygens (including phenoxy) is 1. The number of likely N-dealkylation sites (tertiary alicyclic amines) is 1. The quantitative estimate of drug-likeness (QED) is 0.476. The van der Waals surface area contributed by atoms with Crippen LogP contribution in [0.25, 0.3) is 11.0 Å². The Balaban J connectivity index is 1.23. The molecule has 0 bridgehead atoms. The first-order chi connectivity index (χ1) is 13.1. The van der Waals surface area contributed by atoms with E-state index in [0.29, 0.717) is 29.0 Å². The molecule has 2 aliphatic heterocycles. The van der Waals surface area contributed by atoms with Crippen LogP contribution in [0.4, 0.5) is 0 Å². The van der Waals surface area contributed by atoms with Crippen molar-refractivity contribution in [1.82, 2.24) is 10.2 Å². The summed E-state index contributed by atoms with van der Waals surface area (Å²) >= 11 is 6.76. The Hall–Kier alpha value is -1.60. The summed E-state index contributed by atoms with van der Waals surface area (Å²) in [6.07, 6.45) is 3.29. The van der Waals surface area contributed by atoms with Gasteiger partial charge < -0.3 is 20.2 Å². The van der Waals surface area contributed by atoms with Crippen molar-refractivity contribution in [2.75, 3.05) is 19.8 Å². The van der Waals surface area contributed by atoms with Gasteiger partial charge in [0.05, 0.1) is 23.5 Å². The Morgan fingerprint density at radius 3 is 2.85 bits per heavy atom. The fraction of sp³-hybridized carbons (Fsp3) is 0.550. The highest BCUT2D eigenvalue weighted by atomic mass is 35.5. The predicted octanol–water partition coefficient (Wildman–Crippen LogP) is 2.37. The lowest BCUT2D eigenvalue weighted by Gasteiger charge is -2.35. The summed E-state index contributed by atoms with van der Waals surface area (Å²) in [5.41, 5.74) is 7.47. The van der Waals surface area contributed by atoms with E-state index in [2.05, 4.69) is 10.2 Å². The molecule has 1 aromatic carbocycles. The van der Waals surface area contributed by atoms with Crippen molar-refractivity contribution >= 4 is 28.5 Å². The summed E-state index contributed by atoms with van der Waals surface area (Å²) in [6, 6.07) is 7.89. The first-order valence-electron chi connectivity index (χ1n) is 9.65. The van der Waals surface area contributed by atoms with Crippen molar-refractivity contribution in [3.8, 4) is 0 Å². The van der Waals surface area contributed by atoms with Gasteiger partial charge in [-0.05, 0) is 36.8 Å². The Morgan fingerprint density at radius 2 is 2.11 bits per heavy atom. The number of nitrogens with one attached hydrogen (secondary N) is 1. The highest BCUT2D eigenvalue weighted by Gasteiger charge is 2.63. The zero-order valence-corrected chi connectivity index (χ0v) is 15.8. The number of alkyl halides is 1. The number of piperidine rings is 1. The number of carbonyl (C=O) groups excluding carboxylic acids is 1. The summed E-state index contributed by atoms with van der Waals surface area (Å²) in [6.45, 7) is 2.60. The van der Waals surface area contributed by atoms with Gasteiger partial charge >= 0.3 is 0 Å². The van der Waals surface area contributed by atoms with Crippen LogP contribution < -0.4 is 11.1 Å². The van der Waals surface area contributed by atoms with E-state index in [-0.39, 0.29) is 17.3 Å². The third kappa shape index (κ3) is 2.95. The maximum Gasteiger partial charge on any atom is 0.256 e. The van der Waals surface area contributed by atoms with Crippen molar-refractivity contribution in [3.63, 3.8) is 0 Å². The van der Waals surface area contributed by atoms with E-state index >= 15 is 0 Å². The van der Waals surface area contributed by atoms with E-state index in [9.17, 15) is 4.79 Å². The van der Waals surface area contributed by atoms with Crippen LogP contribution in [0.1, 0.15) is 23.2 Å². The van der Waals surface area contributed by atoms with Crippen LogP contribution in [-0.4, -0.2) is 48.3 Å². The van der Waals surface area contributed by atoms with Crippen molar-refractivity contribution in [1.29, 1.82) is 0 Å². The van der Waals surface area contributed by atoms with E-state index in [1.54, 1.807) is 12.3 Å². The molecule has 1 aliphatic carbocycles. The van der Waals surface area contributed by atoms with Crippen LogP contribution in [0.5, 0.6) is 0 Å². The number of fused-ring (bicyclic) bond motifs is 2. The molecule has 1 amide bonds. The topological polar surface area (TPSA) is 80.7 Å². The molecule has 3 fully saturated rings. The minimum Gasteiger partial charge on any atom is -0.464 e. The summed E-state index contributed by atoms with van der Waals surface area (Å²) < 4.78 is 10.9. The minimum absolute atomic E-state index is 0.000409. The molecule has 5 rings (SSSR count). The number of rotatable bonds is 4. The molecule has 7 heteroatoms. The van der Waals surface area contributed by atoms with Crippen LogP contribution in [0.3, 0.4) is 0 Å². The van der Waals surface area contributed by atoms with Gasteiger partial charge in [0.15, 0.2) is 0 Å². The number of hydrogen-bond donors (Lipinski definition) is 2. The van der Waals surface area contributed by atoms with Crippen molar-refractivity contribution in [3.05, 3.63) is 36.1 Å². The Labute approximate surface area is 162 Å². The van der Waals surface area contributed by atoms with Crippen LogP contribution in [0.2, 0.25) is 0 Å². The zero-order chi connectivity index (χ0) is 18.5. The third-order valence-electron chi connectivity index (χ3n) is 6.44. The molecule has 6 nitrogen and oxygen atoms in total. The highest BCUT2D eigenvalue weighted by Crippen LogP contribution is 2.58. The molecule has 2 saturated heterocycles. The second-order valence-electron chi connectivity index (χ2n) is 7.88.